The van der Waals surface area contributed by atoms with E-state index in [1.54, 1.807) is 7.11 Å². The van der Waals surface area contributed by atoms with E-state index in [1.807, 2.05) is 6.92 Å². The van der Waals surface area contributed by atoms with Gasteiger partial charge in [0, 0.05) is 33.4 Å². The molecule has 0 aliphatic heterocycles. The summed E-state index contributed by atoms with van der Waals surface area (Å²) in [5, 5.41) is 6.05. The lowest BCUT2D eigenvalue weighted by Gasteiger charge is -2.06. The van der Waals surface area contributed by atoms with Gasteiger partial charge in [-0.05, 0) is 13.3 Å². The minimum Gasteiger partial charge on any atom is -0.383 e. The lowest BCUT2D eigenvalue weighted by molar-refractivity contribution is -0.123. The summed E-state index contributed by atoms with van der Waals surface area (Å²) in [7, 11) is 1.67. The Morgan fingerprint density at radius 3 is 2.88 bits per heavy atom. The molecule has 5 heteroatoms. The molecule has 0 heterocycles. The van der Waals surface area contributed by atoms with Gasteiger partial charge in [-0.15, -0.1) is 0 Å². The van der Waals surface area contributed by atoms with Crippen LogP contribution in [0.5, 0.6) is 0 Å². The van der Waals surface area contributed by atoms with Crippen molar-refractivity contribution in [3.63, 3.8) is 0 Å². The normalized spacial score (nSPS) is 23.1. The fourth-order valence-electron chi connectivity index (χ4n) is 1.55. The Hall–Kier alpha value is -0.650. The minimum atomic E-state index is 0.0823. The summed E-state index contributed by atoms with van der Waals surface area (Å²) in [4.78, 5) is 11.5. The maximum Gasteiger partial charge on any atom is 0.225 e. The van der Waals surface area contributed by atoms with Crippen LogP contribution in [0.15, 0.2) is 0 Å². The maximum atomic E-state index is 11.5. The van der Waals surface area contributed by atoms with E-state index in [1.165, 1.54) is 0 Å². The van der Waals surface area contributed by atoms with Gasteiger partial charge in [0.25, 0.3) is 0 Å². The number of carbonyl (C=O) groups is 1. The number of rotatable bonds is 9. The molecule has 16 heavy (non-hydrogen) atoms. The van der Waals surface area contributed by atoms with E-state index >= 15 is 0 Å². The zero-order valence-corrected chi connectivity index (χ0v) is 10.1. The van der Waals surface area contributed by atoms with Crippen molar-refractivity contribution in [1.29, 1.82) is 0 Å². The molecule has 1 fully saturated rings. The molecule has 2 unspecified atom stereocenters. The molecule has 1 aliphatic carbocycles. The minimum absolute atomic E-state index is 0.0823. The summed E-state index contributed by atoms with van der Waals surface area (Å²) in [5.74, 6) is 0.200. The van der Waals surface area contributed by atoms with Crippen LogP contribution < -0.4 is 10.6 Å². The Morgan fingerprint density at radius 1 is 1.38 bits per heavy atom. The second-order valence-electron chi connectivity index (χ2n) is 3.87. The van der Waals surface area contributed by atoms with E-state index in [2.05, 4.69) is 10.6 Å². The van der Waals surface area contributed by atoms with Gasteiger partial charge in [0.2, 0.25) is 5.91 Å². The molecule has 0 aromatic carbocycles. The van der Waals surface area contributed by atoms with Gasteiger partial charge < -0.3 is 20.1 Å². The highest BCUT2D eigenvalue weighted by molar-refractivity contribution is 5.82. The van der Waals surface area contributed by atoms with Crippen LogP contribution in [0, 0.1) is 5.92 Å². The van der Waals surface area contributed by atoms with Gasteiger partial charge in [0.15, 0.2) is 0 Å². The molecule has 0 spiro atoms. The Bertz CT molecular complexity index is 211. The number of hydrogen-bond acceptors (Lipinski definition) is 4. The molecule has 0 aromatic rings. The van der Waals surface area contributed by atoms with E-state index in [9.17, 15) is 4.79 Å². The molecule has 0 bridgehead atoms. The van der Waals surface area contributed by atoms with Crippen molar-refractivity contribution in [3.05, 3.63) is 0 Å². The molecular weight excluding hydrogens is 208 g/mol. The second-order valence-corrected chi connectivity index (χ2v) is 3.87. The average Bonchev–Trinajstić information content (AvgIpc) is 3.03. The van der Waals surface area contributed by atoms with E-state index in [0.717, 1.165) is 19.5 Å². The Labute approximate surface area is 96.9 Å². The first-order valence-corrected chi connectivity index (χ1v) is 5.88. The van der Waals surface area contributed by atoms with Gasteiger partial charge in [-0.2, -0.15) is 0 Å². The first-order chi connectivity index (χ1) is 7.79. The molecule has 1 amide bonds. The number of amides is 1. The third kappa shape index (κ3) is 4.92. The third-order valence-electron chi connectivity index (χ3n) is 2.53. The van der Waals surface area contributed by atoms with Gasteiger partial charge >= 0.3 is 0 Å². The van der Waals surface area contributed by atoms with Crippen molar-refractivity contribution in [1.82, 2.24) is 10.6 Å². The van der Waals surface area contributed by atoms with E-state index in [0.29, 0.717) is 19.8 Å². The molecule has 94 valence electrons. The highest BCUT2D eigenvalue weighted by atomic mass is 16.5. The van der Waals surface area contributed by atoms with Crippen LogP contribution in [-0.4, -0.2) is 52.0 Å². The first-order valence-electron chi connectivity index (χ1n) is 5.88. The lowest BCUT2D eigenvalue weighted by Crippen LogP contribution is -2.34. The molecule has 1 saturated carbocycles. The summed E-state index contributed by atoms with van der Waals surface area (Å²) in [6.45, 7) is 5.60. The van der Waals surface area contributed by atoms with Crippen LogP contribution in [0.2, 0.25) is 0 Å². The standard InChI is InChI=1S/C11H22N2O3/c1-3-16-10-8-9(10)11(14)13-5-4-12-6-7-15-2/h9-10,12H,3-8H2,1-2H3,(H,13,14). The molecule has 1 aliphatic rings. The maximum absolute atomic E-state index is 11.5. The molecule has 0 aromatic heterocycles. The van der Waals surface area contributed by atoms with Gasteiger partial charge in [-0.1, -0.05) is 0 Å². The van der Waals surface area contributed by atoms with Crippen molar-refractivity contribution in [3.8, 4) is 0 Å². The van der Waals surface area contributed by atoms with Gasteiger partial charge in [-0.3, -0.25) is 4.79 Å². The van der Waals surface area contributed by atoms with Crippen LogP contribution in [0.4, 0.5) is 0 Å². The zero-order valence-electron chi connectivity index (χ0n) is 10.1. The molecule has 1 rings (SSSR count). The number of ether oxygens (including phenoxy) is 2. The highest BCUT2D eigenvalue weighted by Gasteiger charge is 2.43. The number of carbonyl (C=O) groups excluding carboxylic acids is 1. The molecule has 0 saturated heterocycles. The Kier molecular flexibility index (Phi) is 6.37. The molecule has 2 N–H and O–H groups in total. The molecule has 0 radical (unpaired) electrons. The summed E-state index contributed by atoms with van der Waals surface area (Å²) < 4.78 is 10.2. The smallest absolute Gasteiger partial charge is 0.225 e. The topological polar surface area (TPSA) is 59.6 Å². The van der Waals surface area contributed by atoms with E-state index in [4.69, 9.17) is 9.47 Å². The Balaban J connectivity index is 1.92. The first kappa shape index (κ1) is 13.4. The monoisotopic (exact) mass is 230 g/mol. The highest BCUT2D eigenvalue weighted by Crippen LogP contribution is 2.33. The van der Waals surface area contributed by atoms with E-state index in [-0.39, 0.29) is 17.9 Å². The second kappa shape index (κ2) is 7.60. The molecular formula is C11H22N2O3. The van der Waals surface area contributed by atoms with Crippen LogP contribution in [0.3, 0.4) is 0 Å². The number of hydrogen-bond donors (Lipinski definition) is 2. The predicted molar refractivity (Wildman–Crippen MR) is 61.3 cm³/mol. The molecule has 5 nitrogen and oxygen atoms in total. The SMILES string of the molecule is CCOC1CC1C(=O)NCCNCCOC. The van der Waals surface area contributed by atoms with Gasteiger partial charge in [0.05, 0.1) is 18.6 Å². The Morgan fingerprint density at radius 2 is 2.19 bits per heavy atom. The quantitative estimate of drug-likeness (QED) is 0.537. The van der Waals surface area contributed by atoms with Crippen molar-refractivity contribution in [2.24, 2.45) is 5.92 Å². The van der Waals surface area contributed by atoms with Crippen molar-refractivity contribution >= 4 is 5.91 Å². The average molecular weight is 230 g/mol. The third-order valence-corrected chi connectivity index (χ3v) is 2.53. The predicted octanol–water partition coefficient (Wildman–Crippen LogP) is -0.236. The largest absolute Gasteiger partial charge is 0.383 e. The zero-order chi connectivity index (χ0) is 11.8. The lowest BCUT2D eigenvalue weighted by atomic mass is 10.4. The number of nitrogens with one attached hydrogen (secondary N) is 2. The van der Waals surface area contributed by atoms with Crippen LogP contribution in [0.1, 0.15) is 13.3 Å². The van der Waals surface area contributed by atoms with Crippen LogP contribution in [-0.2, 0) is 14.3 Å². The summed E-state index contributed by atoms with van der Waals surface area (Å²) in [6, 6.07) is 0. The summed E-state index contributed by atoms with van der Waals surface area (Å²) in [6.07, 6.45) is 1.03. The fourth-order valence-corrected chi connectivity index (χ4v) is 1.55. The van der Waals surface area contributed by atoms with Crippen molar-refractivity contribution in [2.45, 2.75) is 19.4 Å². The summed E-state index contributed by atoms with van der Waals surface area (Å²) >= 11 is 0. The van der Waals surface area contributed by atoms with Crippen molar-refractivity contribution < 1.29 is 14.3 Å². The van der Waals surface area contributed by atoms with Gasteiger partial charge in [0.1, 0.15) is 0 Å². The fraction of sp³-hybridized carbons (Fsp3) is 0.909. The summed E-state index contributed by atoms with van der Waals surface area (Å²) in [5.41, 5.74) is 0. The number of methoxy groups -OCH3 is 1. The van der Waals surface area contributed by atoms with Crippen LogP contribution >= 0.6 is 0 Å². The van der Waals surface area contributed by atoms with Crippen molar-refractivity contribution in [2.75, 3.05) is 40.0 Å². The van der Waals surface area contributed by atoms with Gasteiger partial charge in [-0.25, -0.2) is 0 Å². The van der Waals surface area contributed by atoms with Crippen LogP contribution in [0.25, 0.3) is 0 Å². The molecule has 2 atom stereocenters. The van der Waals surface area contributed by atoms with E-state index < -0.39 is 0 Å².